The molecule has 2 heterocycles. The van der Waals surface area contributed by atoms with E-state index in [2.05, 4.69) is 16.5 Å². The SMILES string of the molecule is C=C[C@@H]1C[C@]1(CC(=O)[C@@H]1C[C@@H](Oc2cc(-c3ccccc3F)nc(C3CC3)n2)CN1C(=O)[C@@H](CC(=O)OC1CCCC1)C(C)(C)C)C(=O)NS(=O)(=O)OC1CC1. The third-order valence-electron chi connectivity index (χ3n) is 11.7. The summed E-state index contributed by atoms with van der Waals surface area (Å²) in [5, 5.41) is 0. The smallest absolute Gasteiger partial charge is 0.362 e. The van der Waals surface area contributed by atoms with Crippen LogP contribution in [-0.4, -0.2) is 77.8 Å². The summed E-state index contributed by atoms with van der Waals surface area (Å²) >= 11 is 0. The van der Waals surface area contributed by atoms with Crippen molar-refractivity contribution in [1.29, 1.82) is 0 Å². The molecule has 1 aromatic heterocycles. The molecule has 0 bridgehead atoms. The van der Waals surface area contributed by atoms with E-state index in [1.807, 2.05) is 25.5 Å². The van der Waals surface area contributed by atoms with Crippen LogP contribution in [0.2, 0.25) is 0 Å². The van der Waals surface area contributed by atoms with Crippen molar-refractivity contribution in [3.8, 4) is 17.1 Å². The molecule has 1 aromatic carbocycles. The molecule has 302 valence electrons. The van der Waals surface area contributed by atoms with Crippen LogP contribution in [0.25, 0.3) is 11.3 Å². The number of allylic oxidation sites excluding steroid dienone is 1. The highest BCUT2D eigenvalue weighted by Crippen LogP contribution is 2.57. The average Bonchev–Trinajstić information content (AvgIpc) is 4.10. The first-order valence-electron chi connectivity index (χ1n) is 19.8. The van der Waals surface area contributed by atoms with E-state index >= 15 is 0 Å². The van der Waals surface area contributed by atoms with Crippen molar-refractivity contribution in [2.45, 2.75) is 128 Å². The number of aromatic nitrogens is 2. The van der Waals surface area contributed by atoms with Crippen LogP contribution in [-0.2, 0) is 38.4 Å². The van der Waals surface area contributed by atoms with Crippen LogP contribution in [0.5, 0.6) is 5.88 Å². The van der Waals surface area contributed by atoms with Crippen LogP contribution in [0.15, 0.2) is 43.0 Å². The number of carbonyl (C=O) groups excluding carboxylic acids is 4. The lowest BCUT2D eigenvalue weighted by molar-refractivity contribution is -0.156. The van der Waals surface area contributed by atoms with Gasteiger partial charge < -0.3 is 14.4 Å². The molecule has 4 saturated carbocycles. The first-order valence-corrected chi connectivity index (χ1v) is 21.2. The average molecular weight is 795 g/mol. The number of ether oxygens (including phenoxy) is 2. The van der Waals surface area contributed by atoms with Crippen molar-refractivity contribution in [3.05, 3.63) is 54.6 Å². The second-order valence-corrected chi connectivity index (χ2v) is 18.5. The van der Waals surface area contributed by atoms with Gasteiger partial charge in [-0.15, -0.1) is 6.58 Å². The van der Waals surface area contributed by atoms with Crippen LogP contribution in [0.1, 0.15) is 110 Å². The van der Waals surface area contributed by atoms with Gasteiger partial charge in [0.05, 0.1) is 42.1 Å². The summed E-state index contributed by atoms with van der Waals surface area (Å²) in [6, 6.07) is 6.74. The minimum absolute atomic E-state index is 0.0330. The number of nitrogens with zero attached hydrogens (tertiary/aromatic N) is 3. The number of rotatable bonds is 16. The molecule has 15 heteroatoms. The van der Waals surface area contributed by atoms with Gasteiger partial charge in [-0.1, -0.05) is 39.0 Å². The molecule has 1 saturated heterocycles. The molecule has 4 aliphatic carbocycles. The maximum Gasteiger partial charge on any atom is 0.362 e. The summed E-state index contributed by atoms with van der Waals surface area (Å²) in [6.07, 6.45) is 6.19. The Bertz CT molecular complexity index is 1990. The molecule has 5 atom stereocenters. The monoisotopic (exact) mass is 794 g/mol. The third kappa shape index (κ3) is 9.14. The largest absolute Gasteiger partial charge is 0.472 e. The first kappa shape index (κ1) is 40.0. The van der Waals surface area contributed by atoms with Gasteiger partial charge in [-0.05, 0) is 81.3 Å². The molecule has 13 nitrogen and oxygen atoms in total. The van der Waals surface area contributed by atoms with Gasteiger partial charge in [-0.3, -0.25) is 23.4 Å². The molecular weight excluding hydrogens is 744 g/mol. The molecule has 0 spiro atoms. The zero-order valence-electron chi connectivity index (χ0n) is 32.2. The standard InChI is InChI=1S/C41H51FN4O9S/c1-5-25-21-41(25,39(50)45-56(51,52)55-27-16-17-27)22-34(47)33-18-28(23-46(33)38(49)30(40(2,3)4)19-36(48)54-26-10-6-7-11-26)53-35-20-32(29-12-8-9-13-31(29)42)43-37(44-35)24-14-15-24/h5,8-9,12-13,20,24-28,30,33H,1,6-7,10-11,14-19,21-23H2,2-4H3,(H,45,50)/t25-,28-,30-,33+,41-/m1/s1. The summed E-state index contributed by atoms with van der Waals surface area (Å²) in [6.45, 7) is 9.32. The predicted molar refractivity (Wildman–Crippen MR) is 201 cm³/mol. The zero-order valence-corrected chi connectivity index (χ0v) is 33.0. The molecule has 5 aliphatic rings. The van der Waals surface area contributed by atoms with Gasteiger partial charge in [-0.25, -0.2) is 14.1 Å². The molecule has 1 aliphatic heterocycles. The Morgan fingerprint density at radius 1 is 1.04 bits per heavy atom. The normalized spacial score (nSPS) is 25.7. The van der Waals surface area contributed by atoms with E-state index in [1.54, 1.807) is 24.3 Å². The lowest BCUT2D eigenvalue weighted by Gasteiger charge is -2.35. The Morgan fingerprint density at radius 2 is 1.75 bits per heavy atom. The van der Waals surface area contributed by atoms with Crippen molar-refractivity contribution < 1.29 is 45.6 Å². The van der Waals surface area contributed by atoms with Crippen LogP contribution in [0, 0.1) is 28.5 Å². The third-order valence-corrected chi connectivity index (χ3v) is 12.7. The highest BCUT2D eigenvalue weighted by Gasteiger charge is 2.61. The van der Waals surface area contributed by atoms with E-state index in [1.165, 1.54) is 17.0 Å². The molecule has 0 radical (unpaired) electrons. The van der Waals surface area contributed by atoms with Crippen LogP contribution in [0.3, 0.4) is 0 Å². The fourth-order valence-corrected chi connectivity index (χ4v) is 9.04. The number of Topliss-reactive ketones (excluding diaryl/α,β-unsaturated/α-hetero) is 1. The van der Waals surface area contributed by atoms with Crippen molar-refractivity contribution in [3.63, 3.8) is 0 Å². The minimum atomic E-state index is -4.40. The molecule has 7 rings (SSSR count). The van der Waals surface area contributed by atoms with E-state index < -0.39 is 80.6 Å². The topological polar surface area (TPSA) is 171 Å². The number of hydrogen-bond donors (Lipinski definition) is 1. The van der Waals surface area contributed by atoms with Crippen molar-refractivity contribution in [2.75, 3.05) is 6.54 Å². The molecular formula is C41H51FN4O9S. The number of carbonyl (C=O) groups is 4. The number of nitrogens with one attached hydrogen (secondary N) is 1. The summed E-state index contributed by atoms with van der Waals surface area (Å²) < 4.78 is 59.4. The number of halogens is 1. The maximum atomic E-state index is 14.9. The zero-order chi connectivity index (χ0) is 40.0. The Hall–Kier alpha value is -4.24. The quantitative estimate of drug-likeness (QED) is 0.162. The first-order chi connectivity index (χ1) is 26.5. The fraction of sp³-hybridized carbons (Fsp3) is 0.610. The Kier molecular flexibility index (Phi) is 11.1. The van der Waals surface area contributed by atoms with E-state index in [-0.39, 0.29) is 55.7 Å². The van der Waals surface area contributed by atoms with Gasteiger partial charge >= 0.3 is 16.3 Å². The minimum Gasteiger partial charge on any atom is -0.472 e. The maximum absolute atomic E-state index is 14.9. The van der Waals surface area contributed by atoms with Crippen LogP contribution < -0.4 is 9.46 Å². The highest BCUT2D eigenvalue weighted by atomic mass is 32.2. The van der Waals surface area contributed by atoms with Gasteiger partial charge in [0.2, 0.25) is 17.7 Å². The predicted octanol–water partition coefficient (Wildman–Crippen LogP) is 5.74. The van der Waals surface area contributed by atoms with E-state index in [0.717, 1.165) is 38.5 Å². The Labute approximate surface area is 327 Å². The summed E-state index contributed by atoms with van der Waals surface area (Å²) in [5.41, 5.74) is -1.48. The van der Waals surface area contributed by atoms with E-state index in [0.29, 0.717) is 24.4 Å². The number of ketones is 1. The number of hydrogen-bond acceptors (Lipinski definition) is 11. The van der Waals surface area contributed by atoms with Crippen molar-refractivity contribution in [2.24, 2.45) is 22.7 Å². The van der Waals surface area contributed by atoms with Crippen LogP contribution >= 0.6 is 0 Å². The molecule has 0 unspecified atom stereocenters. The number of esters is 1. The fourth-order valence-electron chi connectivity index (χ4n) is 8.01. The molecule has 2 amide bonds. The lowest BCUT2D eigenvalue weighted by Crippen LogP contribution is -2.48. The second kappa shape index (κ2) is 15.6. The number of likely N-dealkylation sites (tertiary alicyclic amines) is 1. The molecule has 2 aromatic rings. The Balaban J connectivity index is 1.16. The Morgan fingerprint density at radius 3 is 2.38 bits per heavy atom. The van der Waals surface area contributed by atoms with Gasteiger partial charge in [0.25, 0.3) is 0 Å². The highest BCUT2D eigenvalue weighted by molar-refractivity contribution is 7.85. The van der Waals surface area contributed by atoms with Gasteiger partial charge in [0, 0.05) is 30.4 Å². The summed E-state index contributed by atoms with van der Waals surface area (Å²) in [4.78, 5) is 66.7. The van der Waals surface area contributed by atoms with Crippen molar-refractivity contribution in [1.82, 2.24) is 19.6 Å². The van der Waals surface area contributed by atoms with Gasteiger partial charge in [-0.2, -0.15) is 13.4 Å². The molecule has 1 N–H and O–H groups in total. The molecule has 5 fully saturated rings. The van der Waals surface area contributed by atoms with Gasteiger partial charge in [0.15, 0.2) is 5.78 Å². The van der Waals surface area contributed by atoms with E-state index in [4.69, 9.17) is 13.7 Å². The molecule has 56 heavy (non-hydrogen) atoms. The van der Waals surface area contributed by atoms with Gasteiger partial charge in [0.1, 0.15) is 23.8 Å². The lowest BCUT2D eigenvalue weighted by atomic mass is 9.77. The number of benzene rings is 1. The second-order valence-electron chi connectivity index (χ2n) is 17.2. The summed E-state index contributed by atoms with van der Waals surface area (Å²) in [5.74, 6) is -3.24. The van der Waals surface area contributed by atoms with Crippen LogP contribution in [0.4, 0.5) is 4.39 Å². The van der Waals surface area contributed by atoms with E-state index in [9.17, 15) is 32.0 Å². The summed E-state index contributed by atoms with van der Waals surface area (Å²) in [7, 11) is -4.40. The van der Waals surface area contributed by atoms with Crippen molar-refractivity contribution >= 4 is 33.9 Å². The number of amides is 2.